The number of hydrogen-bond donors (Lipinski definition) is 2. The van der Waals surface area contributed by atoms with Gasteiger partial charge in [-0.2, -0.15) is 0 Å². The Balaban J connectivity index is 1.79. The summed E-state index contributed by atoms with van der Waals surface area (Å²) >= 11 is 0. The summed E-state index contributed by atoms with van der Waals surface area (Å²) < 4.78 is 0. The lowest BCUT2D eigenvalue weighted by molar-refractivity contribution is -0.283. The Labute approximate surface area is 163 Å². The van der Waals surface area contributed by atoms with Crippen molar-refractivity contribution >= 4 is 11.6 Å². The Morgan fingerprint density at radius 1 is 0.889 bits per heavy atom. The van der Waals surface area contributed by atoms with E-state index in [0.717, 1.165) is 12.8 Å². The van der Waals surface area contributed by atoms with E-state index in [2.05, 4.69) is 20.8 Å². The summed E-state index contributed by atoms with van der Waals surface area (Å²) in [7, 11) is 0. The van der Waals surface area contributed by atoms with E-state index in [0.29, 0.717) is 23.7 Å². The third-order valence-electron chi connectivity index (χ3n) is 10.5. The van der Waals surface area contributed by atoms with Gasteiger partial charge >= 0.3 is 0 Å². The van der Waals surface area contributed by atoms with Crippen LogP contribution in [-0.4, -0.2) is 33.0 Å². The fourth-order valence-corrected chi connectivity index (χ4v) is 8.29. The topological polar surface area (TPSA) is 74.6 Å². The van der Waals surface area contributed by atoms with Crippen LogP contribution in [0.5, 0.6) is 0 Å². The van der Waals surface area contributed by atoms with Gasteiger partial charge < -0.3 is 10.2 Å². The van der Waals surface area contributed by atoms with Gasteiger partial charge in [0.15, 0.2) is 5.78 Å². The molecule has 0 saturated heterocycles. The standard InChI is InChI=1S/C23H36O4/c1-6-19(2)9-7-15-14-11-22(5,26)23(27)13-18(25)17(24)12-21(23,4)16(14)8-10-20(15,19)3/h14-16,26-27H,6-13H2,1-5H3/t14-,15-,16-,19-,20-,21+,22?,23?/m0/s1. The van der Waals surface area contributed by atoms with Crippen LogP contribution in [0.1, 0.15) is 86.0 Å². The molecule has 4 aliphatic rings. The van der Waals surface area contributed by atoms with E-state index in [1.54, 1.807) is 6.92 Å². The molecule has 0 aromatic carbocycles. The molecule has 4 heteroatoms. The third kappa shape index (κ3) is 2.12. The molecule has 4 saturated carbocycles. The Kier molecular flexibility index (Phi) is 3.95. The highest BCUT2D eigenvalue weighted by Crippen LogP contribution is 2.72. The first-order valence-corrected chi connectivity index (χ1v) is 10.9. The molecule has 27 heavy (non-hydrogen) atoms. The number of aliphatic hydroxyl groups is 2. The van der Waals surface area contributed by atoms with Crippen molar-refractivity contribution in [2.45, 2.75) is 97.2 Å². The zero-order valence-corrected chi connectivity index (χ0v) is 17.6. The minimum Gasteiger partial charge on any atom is -0.387 e. The van der Waals surface area contributed by atoms with Crippen LogP contribution in [0, 0.1) is 34.0 Å². The van der Waals surface area contributed by atoms with E-state index >= 15 is 0 Å². The van der Waals surface area contributed by atoms with Gasteiger partial charge in [-0.05, 0) is 67.6 Å². The van der Waals surface area contributed by atoms with Gasteiger partial charge in [-0.15, -0.1) is 0 Å². The van der Waals surface area contributed by atoms with Crippen LogP contribution in [0.4, 0.5) is 0 Å². The highest BCUT2D eigenvalue weighted by Gasteiger charge is 2.72. The minimum absolute atomic E-state index is 0.0775. The van der Waals surface area contributed by atoms with Gasteiger partial charge in [0.2, 0.25) is 5.78 Å². The summed E-state index contributed by atoms with van der Waals surface area (Å²) in [6.07, 6.45) is 6.02. The van der Waals surface area contributed by atoms with E-state index in [9.17, 15) is 19.8 Å². The zero-order chi connectivity index (χ0) is 20.0. The molecule has 0 aromatic heterocycles. The van der Waals surface area contributed by atoms with Crippen LogP contribution in [0.2, 0.25) is 0 Å². The molecule has 4 aliphatic carbocycles. The summed E-state index contributed by atoms with van der Waals surface area (Å²) in [6, 6.07) is 0. The fourth-order valence-electron chi connectivity index (χ4n) is 8.29. The van der Waals surface area contributed by atoms with Crippen molar-refractivity contribution in [2.75, 3.05) is 0 Å². The Bertz CT molecular complexity index is 698. The lowest BCUT2D eigenvalue weighted by atomic mass is 9.39. The smallest absolute Gasteiger partial charge is 0.201 e. The molecule has 0 bridgehead atoms. The SMILES string of the molecule is CC[C@@]1(C)CC[C@H]2[C@@H]3CC(C)(O)C4(O)CC(=O)C(=O)C[C@]4(C)[C@H]3CC[C@@]21C. The van der Waals surface area contributed by atoms with Crippen molar-refractivity contribution < 1.29 is 19.8 Å². The molecule has 0 spiro atoms. The number of carbonyl (C=O) groups is 2. The molecule has 152 valence electrons. The second-order valence-corrected chi connectivity index (χ2v) is 11.2. The summed E-state index contributed by atoms with van der Waals surface area (Å²) in [4.78, 5) is 24.6. The average Bonchev–Trinajstić information content (AvgIpc) is 2.84. The minimum atomic E-state index is -1.51. The second-order valence-electron chi connectivity index (χ2n) is 11.2. The van der Waals surface area contributed by atoms with Crippen molar-refractivity contribution in [1.29, 1.82) is 0 Å². The Morgan fingerprint density at radius 3 is 2.07 bits per heavy atom. The van der Waals surface area contributed by atoms with Gasteiger partial charge in [-0.3, -0.25) is 9.59 Å². The van der Waals surface area contributed by atoms with Crippen LogP contribution in [0.3, 0.4) is 0 Å². The van der Waals surface area contributed by atoms with E-state index in [-0.39, 0.29) is 30.0 Å². The molecule has 0 heterocycles. The van der Waals surface area contributed by atoms with Crippen molar-refractivity contribution in [1.82, 2.24) is 0 Å². The predicted molar refractivity (Wildman–Crippen MR) is 103 cm³/mol. The number of rotatable bonds is 1. The largest absolute Gasteiger partial charge is 0.387 e. The molecule has 2 N–H and O–H groups in total. The van der Waals surface area contributed by atoms with Crippen LogP contribution >= 0.6 is 0 Å². The van der Waals surface area contributed by atoms with Crippen molar-refractivity contribution in [3.63, 3.8) is 0 Å². The lowest BCUT2D eigenvalue weighted by Crippen LogP contribution is -2.74. The van der Waals surface area contributed by atoms with Gasteiger partial charge in [0.05, 0.1) is 5.60 Å². The molecule has 8 atom stereocenters. The zero-order valence-electron chi connectivity index (χ0n) is 17.6. The third-order valence-corrected chi connectivity index (χ3v) is 10.5. The van der Waals surface area contributed by atoms with Crippen molar-refractivity contribution in [2.24, 2.45) is 34.0 Å². The lowest BCUT2D eigenvalue weighted by Gasteiger charge is -2.67. The predicted octanol–water partition coefficient (Wildman–Crippen LogP) is 3.67. The number of hydrogen-bond acceptors (Lipinski definition) is 4. The van der Waals surface area contributed by atoms with Crippen LogP contribution in [-0.2, 0) is 9.59 Å². The van der Waals surface area contributed by atoms with Gasteiger partial charge in [0.25, 0.3) is 0 Å². The Hall–Kier alpha value is -0.740. The summed E-state index contributed by atoms with van der Waals surface area (Å²) in [6.45, 7) is 10.8. The van der Waals surface area contributed by atoms with E-state index in [1.807, 2.05) is 6.92 Å². The molecule has 0 aromatic rings. The molecular weight excluding hydrogens is 340 g/mol. The first-order valence-electron chi connectivity index (χ1n) is 10.9. The van der Waals surface area contributed by atoms with Crippen LogP contribution < -0.4 is 0 Å². The highest BCUT2D eigenvalue weighted by molar-refractivity contribution is 6.38. The fraction of sp³-hybridized carbons (Fsp3) is 0.913. The van der Waals surface area contributed by atoms with Gasteiger partial charge in [-0.1, -0.05) is 34.1 Å². The molecule has 2 unspecified atom stereocenters. The molecule has 4 rings (SSSR count). The number of carbonyl (C=O) groups excluding carboxylic acids is 2. The van der Waals surface area contributed by atoms with E-state index in [4.69, 9.17) is 0 Å². The highest BCUT2D eigenvalue weighted by atomic mass is 16.4. The molecule has 0 amide bonds. The molecule has 0 radical (unpaired) electrons. The first kappa shape index (κ1) is 19.6. The van der Waals surface area contributed by atoms with Crippen LogP contribution in [0.25, 0.3) is 0 Å². The maximum atomic E-state index is 12.4. The van der Waals surface area contributed by atoms with E-state index < -0.39 is 22.4 Å². The van der Waals surface area contributed by atoms with Gasteiger partial charge in [0.1, 0.15) is 5.60 Å². The van der Waals surface area contributed by atoms with Crippen molar-refractivity contribution in [3.05, 3.63) is 0 Å². The first-order chi connectivity index (χ1) is 12.4. The molecule has 0 aliphatic heterocycles. The molecule has 4 nitrogen and oxygen atoms in total. The molecule has 4 fully saturated rings. The van der Waals surface area contributed by atoms with E-state index in [1.165, 1.54) is 19.3 Å². The molecular formula is C23H36O4. The average molecular weight is 377 g/mol. The second kappa shape index (κ2) is 5.44. The number of ketones is 2. The number of fused-ring (bicyclic) bond motifs is 5. The maximum Gasteiger partial charge on any atom is 0.201 e. The van der Waals surface area contributed by atoms with Gasteiger partial charge in [0, 0.05) is 18.3 Å². The van der Waals surface area contributed by atoms with Gasteiger partial charge in [-0.25, -0.2) is 0 Å². The summed E-state index contributed by atoms with van der Waals surface area (Å²) in [5.41, 5.74) is -3.01. The summed E-state index contributed by atoms with van der Waals surface area (Å²) in [5.74, 6) is 0.128. The quantitative estimate of drug-likeness (QED) is 0.685. The maximum absolute atomic E-state index is 12.4. The monoisotopic (exact) mass is 376 g/mol. The Morgan fingerprint density at radius 2 is 1.44 bits per heavy atom. The summed E-state index contributed by atoms with van der Waals surface area (Å²) in [5, 5.41) is 23.1. The van der Waals surface area contributed by atoms with Crippen LogP contribution in [0.15, 0.2) is 0 Å². The normalized spacial score (nSPS) is 57.8. The van der Waals surface area contributed by atoms with Crippen molar-refractivity contribution in [3.8, 4) is 0 Å². The number of Topliss-reactive ketones (excluding diaryl/α,β-unsaturated/α-hetero) is 2.